The summed E-state index contributed by atoms with van der Waals surface area (Å²) >= 11 is 2.10. The van der Waals surface area contributed by atoms with Crippen LogP contribution in [-0.4, -0.2) is 18.5 Å². The fraction of sp³-hybridized carbons (Fsp3) is 0.143. The van der Waals surface area contributed by atoms with E-state index in [2.05, 4.69) is 27.9 Å². The number of carbonyl (C=O) groups excluding carboxylic acids is 2. The Morgan fingerprint density at radius 3 is 2.80 bits per heavy atom. The Labute approximate surface area is 129 Å². The lowest BCUT2D eigenvalue weighted by Crippen LogP contribution is -2.28. The highest BCUT2D eigenvalue weighted by molar-refractivity contribution is 14.1. The van der Waals surface area contributed by atoms with Crippen LogP contribution in [0.4, 0.5) is 0 Å². The number of amides is 1. The van der Waals surface area contributed by atoms with Gasteiger partial charge in [0, 0.05) is 3.57 Å². The Morgan fingerprint density at radius 2 is 2.10 bits per heavy atom. The number of nitrogens with one attached hydrogen (secondary N) is 1. The molecule has 6 heteroatoms. The number of esters is 1. The fourth-order valence-corrected chi connectivity index (χ4v) is 2.02. The molecule has 0 unspecified atom stereocenters. The van der Waals surface area contributed by atoms with Crippen LogP contribution in [0.3, 0.4) is 0 Å². The normalized spacial score (nSPS) is 10.1. The van der Waals surface area contributed by atoms with E-state index in [1.165, 1.54) is 6.26 Å². The van der Waals surface area contributed by atoms with Crippen LogP contribution in [0.25, 0.3) is 0 Å². The van der Waals surface area contributed by atoms with Crippen LogP contribution in [0.5, 0.6) is 0 Å². The first-order chi connectivity index (χ1) is 9.65. The zero-order chi connectivity index (χ0) is 14.4. The largest absolute Gasteiger partial charge is 0.467 e. The van der Waals surface area contributed by atoms with Crippen LogP contribution >= 0.6 is 22.6 Å². The Bertz CT molecular complexity index is 595. The number of hydrogen-bond donors (Lipinski definition) is 1. The molecule has 0 saturated carbocycles. The quantitative estimate of drug-likeness (QED) is 0.634. The minimum absolute atomic E-state index is 0.270. The SMILES string of the molecule is O=C(COC(=O)c1cccc(I)c1)NCc1ccco1. The second-order valence-corrected chi connectivity index (χ2v) is 5.19. The van der Waals surface area contributed by atoms with Crippen molar-refractivity contribution in [2.24, 2.45) is 0 Å². The van der Waals surface area contributed by atoms with Gasteiger partial charge in [0.2, 0.25) is 0 Å². The van der Waals surface area contributed by atoms with Gasteiger partial charge in [0.1, 0.15) is 5.76 Å². The molecule has 1 amide bonds. The molecule has 104 valence electrons. The molecule has 0 spiro atoms. The number of furan rings is 1. The zero-order valence-electron chi connectivity index (χ0n) is 10.5. The molecule has 0 fully saturated rings. The second kappa shape index (κ2) is 7.09. The minimum atomic E-state index is -0.517. The molecular formula is C14H12INO4. The van der Waals surface area contributed by atoms with Crippen LogP contribution in [0.2, 0.25) is 0 Å². The lowest BCUT2D eigenvalue weighted by atomic mass is 10.2. The smallest absolute Gasteiger partial charge is 0.338 e. The second-order valence-electron chi connectivity index (χ2n) is 3.94. The van der Waals surface area contributed by atoms with Gasteiger partial charge < -0.3 is 14.5 Å². The summed E-state index contributed by atoms with van der Waals surface area (Å²) in [6.07, 6.45) is 1.53. The van der Waals surface area contributed by atoms with Crippen molar-refractivity contribution in [3.8, 4) is 0 Å². The molecule has 1 N–H and O–H groups in total. The Balaban J connectivity index is 1.77. The third-order valence-electron chi connectivity index (χ3n) is 2.43. The molecule has 2 aromatic rings. The molecule has 0 atom stereocenters. The van der Waals surface area contributed by atoms with Crippen molar-refractivity contribution >= 4 is 34.5 Å². The molecular weight excluding hydrogens is 373 g/mol. The maximum Gasteiger partial charge on any atom is 0.338 e. The van der Waals surface area contributed by atoms with Crippen molar-refractivity contribution in [3.05, 3.63) is 57.6 Å². The number of benzene rings is 1. The molecule has 5 nitrogen and oxygen atoms in total. The van der Waals surface area contributed by atoms with Crippen molar-refractivity contribution < 1.29 is 18.7 Å². The Hall–Kier alpha value is -1.83. The summed E-state index contributed by atoms with van der Waals surface area (Å²) < 4.78 is 10.9. The third-order valence-corrected chi connectivity index (χ3v) is 3.11. The lowest BCUT2D eigenvalue weighted by molar-refractivity contribution is -0.124. The van der Waals surface area contributed by atoms with Crippen molar-refractivity contribution in [2.45, 2.75) is 6.54 Å². The van der Waals surface area contributed by atoms with Crippen molar-refractivity contribution in [3.63, 3.8) is 0 Å². The third kappa shape index (κ3) is 4.37. The topological polar surface area (TPSA) is 68.5 Å². The summed E-state index contributed by atoms with van der Waals surface area (Å²) in [5.41, 5.74) is 0.427. The average Bonchev–Trinajstić information content (AvgIpc) is 2.95. The highest BCUT2D eigenvalue weighted by atomic mass is 127. The van der Waals surface area contributed by atoms with Gasteiger partial charge in [0.05, 0.1) is 18.4 Å². The van der Waals surface area contributed by atoms with E-state index in [9.17, 15) is 9.59 Å². The summed E-state index contributed by atoms with van der Waals surface area (Å²) in [7, 11) is 0. The number of ether oxygens (including phenoxy) is 1. The van der Waals surface area contributed by atoms with Gasteiger partial charge in [-0.2, -0.15) is 0 Å². The molecule has 0 aliphatic rings. The molecule has 0 radical (unpaired) electrons. The van der Waals surface area contributed by atoms with Gasteiger partial charge in [-0.05, 0) is 52.9 Å². The van der Waals surface area contributed by atoms with E-state index in [1.807, 2.05) is 6.07 Å². The average molecular weight is 385 g/mol. The van der Waals surface area contributed by atoms with Gasteiger partial charge in [-0.3, -0.25) is 4.79 Å². The van der Waals surface area contributed by atoms with E-state index in [1.54, 1.807) is 30.3 Å². The zero-order valence-corrected chi connectivity index (χ0v) is 12.6. The maximum absolute atomic E-state index is 11.7. The highest BCUT2D eigenvalue weighted by Gasteiger charge is 2.10. The first-order valence-corrected chi connectivity index (χ1v) is 6.95. The maximum atomic E-state index is 11.7. The van der Waals surface area contributed by atoms with Crippen LogP contribution < -0.4 is 5.32 Å². The van der Waals surface area contributed by atoms with E-state index in [0.29, 0.717) is 11.3 Å². The van der Waals surface area contributed by atoms with Gasteiger partial charge in [0.25, 0.3) is 5.91 Å². The molecule has 0 saturated heterocycles. The van der Waals surface area contributed by atoms with E-state index < -0.39 is 5.97 Å². The standard InChI is InChI=1S/C14H12INO4/c15-11-4-1-3-10(7-11)14(18)20-9-13(17)16-8-12-5-2-6-19-12/h1-7H,8-9H2,(H,16,17). The van der Waals surface area contributed by atoms with Gasteiger partial charge in [-0.15, -0.1) is 0 Å². The molecule has 1 aromatic heterocycles. The van der Waals surface area contributed by atoms with E-state index in [-0.39, 0.29) is 19.1 Å². The first-order valence-electron chi connectivity index (χ1n) is 5.87. The number of carbonyl (C=O) groups is 2. The van der Waals surface area contributed by atoms with Crippen LogP contribution in [0, 0.1) is 3.57 Å². The van der Waals surface area contributed by atoms with E-state index in [0.717, 1.165) is 3.57 Å². The number of halogens is 1. The minimum Gasteiger partial charge on any atom is -0.467 e. The van der Waals surface area contributed by atoms with Gasteiger partial charge in [-0.25, -0.2) is 4.79 Å². The van der Waals surface area contributed by atoms with E-state index >= 15 is 0 Å². The first kappa shape index (κ1) is 14.6. The summed E-state index contributed by atoms with van der Waals surface area (Å²) in [6.45, 7) is -0.0440. The predicted molar refractivity (Wildman–Crippen MR) is 80.0 cm³/mol. The Kier molecular flexibility index (Phi) is 5.16. The summed E-state index contributed by atoms with van der Waals surface area (Å²) in [5, 5.41) is 2.59. The predicted octanol–water partition coefficient (Wildman–Crippen LogP) is 2.36. The highest BCUT2D eigenvalue weighted by Crippen LogP contribution is 2.08. The molecule has 1 aromatic carbocycles. The number of hydrogen-bond acceptors (Lipinski definition) is 4. The van der Waals surface area contributed by atoms with Gasteiger partial charge in [0.15, 0.2) is 6.61 Å². The van der Waals surface area contributed by atoms with Gasteiger partial charge in [-0.1, -0.05) is 6.07 Å². The molecule has 0 aliphatic heterocycles. The molecule has 2 rings (SSSR count). The van der Waals surface area contributed by atoms with Crippen molar-refractivity contribution in [1.29, 1.82) is 0 Å². The summed E-state index contributed by atoms with van der Waals surface area (Å²) in [6, 6.07) is 10.5. The lowest BCUT2D eigenvalue weighted by Gasteiger charge is -2.05. The monoisotopic (exact) mass is 385 g/mol. The number of rotatable bonds is 5. The van der Waals surface area contributed by atoms with E-state index in [4.69, 9.17) is 9.15 Å². The summed E-state index contributed by atoms with van der Waals surface area (Å²) in [4.78, 5) is 23.2. The molecule has 20 heavy (non-hydrogen) atoms. The molecule has 1 heterocycles. The summed E-state index contributed by atoms with van der Waals surface area (Å²) in [5.74, 6) is -0.251. The van der Waals surface area contributed by atoms with Crippen LogP contribution in [0.1, 0.15) is 16.1 Å². The fourth-order valence-electron chi connectivity index (χ4n) is 1.48. The molecule has 0 bridgehead atoms. The van der Waals surface area contributed by atoms with Crippen LogP contribution in [0.15, 0.2) is 47.1 Å². The Morgan fingerprint density at radius 1 is 1.25 bits per heavy atom. The van der Waals surface area contributed by atoms with Gasteiger partial charge >= 0.3 is 5.97 Å². The van der Waals surface area contributed by atoms with Crippen molar-refractivity contribution in [1.82, 2.24) is 5.32 Å². The molecule has 0 aliphatic carbocycles. The van der Waals surface area contributed by atoms with Crippen LogP contribution in [-0.2, 0) is 16.1 Å². The van der Waals surface area contributed by atoms with Crippen molar-refractivity contribution in [2.75, 3.05) is 6.61 Å².